The molecule has 1 aliphatic heterocycles. The van der Waals surface area contributed by atoms with Gasteiger partial charge in [0.05, 0.1) is 23.3 Å². The van der Waals surface area contributed by atoms with Gasteiger partial charge in [0.25, 0.3) is 0 Å². The molecule has 23 heavy (non-hydrogen) atoms. The second kappa shape index (κ2) is 5.78. The Morgan fingerprint density at radius 1 is 1.35 bits per heavy atom. The summed E-state index contributed by atoms with van der Waals surface area (Å²) in [6.07, 6.45) is -0.920. The van der Waals surface area contributed by atoms with E-state index in [2.05, 4.69) is 14.9 Å². The van der Waals surface area contributed by atoms with Crippen molar-refractivity contribution in [3.05, 3.63) is 46.3 Å². The van der Waals surface area contributed by atoms with E-state index in [4.69, 9.17) is 5.53 Å². The fourth-order valence-corrected chi connectivity index (χ4v) is 4.08. The minimum Gasteiger partial charge on any atom is -0.390 e. The van der Waals surface area contributed by atoms with Gasteiger partial charge in [-0.2, -0.15) is 0 Å². The van der Waals surface area contributed by atoms with Crippen molar-refractivity contribution in [2.24, 2.45) is 11.0 Å². The minimum absolute atomic E-state index is 0.333. The lowest BCUT2D eigenvalue weighted by Crippen LogP contribution is -2.57. The highest BCUT2D eigenvalue weighted by Gasteiger charge is 2.65. The standard InChI is InChI=1S/C16H22N4O3/c1-15(22)12-10-20(9-11-5-3-2-4-6-11)8-7-16(12,23)14(21)13(15)18-19-17/h2-6,12-14,21-23H,7-10H2,1H3/t12?,13-,14-,15-,16+/m1/s1. The molecule has 1 saturated carbocycles. The molecular weight excluding hydrogens is 296 g/mol. The van der Waals surface area contributed by atoms with Gasteiger partial charge in [0.1, 0.15) is 0 Å². The Balaban J connectivity index is 1.82. The van der Waals surface area contributed by atoms with Gasteiger partial charge in [-0.1, -0.05) is 35.4 Å². The summed E-state index contributed by atoms with van der Waals surface area (Å²) in [5.41, 5.74) is 6.97. The number of azide groups is 1. The van der Waals surface area contributed by atoms with Gasteiger partial charge >= 0.3 is 0 Å². The SMILES string of the molecule is C[C@@]1(O)C2CN(Cc3ccccc3)CC[C@@]2(O)[C@H](O)[C@H]1N=[N+]=[N-]. The average Bonchev–Trinajstić information content (AvgIpc) is 2.68. The molecule has 2 aliphatic rings. The van der Waals surface area contributed by atoms with E-state index >= 15 is 0 Å². The quantitative estimate of drug-likeness (QED) is 0.439. The normalized spacial score (nSPS) is 40.4. The number of fused-ring (bicyclic) bond motifs is 1. The fraction of sp³-hybridized carbons (Fsp3) is 0.625. The number of aliphatic hydroxyl groups is 3. The topological polar surface area (TPSA) is 113 Å². The van der Waals surface area contributed by atoms with Gasteiger partial charge in [-0.25, -0.2) is 0 Å². The van der Waals surface area contributed by atoms with E-state index in [0.717, 1.165) is 5.56 Å². The van der Waals surface area contributed by atoms with E-state index in [-0.39, 0.29) is 0 Å². The molecule has 1 aromatic carbocycles. The lowest BCUT2D eigenvalue weighted by molar-refractivity contribution is -0.137. The minimum atomic E-state index is -1.45. The molecule has 1 saturated heterocycles. The first-order valence-electron chi connectivity index (χ1n) is 7.83. The molecule has 0 spiro atoms. The molecule has 0 aromatic heterocycles. The number of rotatable bonds is 3. The molecule has 3 rings (SSSR count). The third-order valence-electron chi connectivity index (χ3n) is 5.41. The van der Waals surface area contributed by atoms with Crippen molar-refractivity contribution in [3.8, 4) is 0 Å². The van der Waals surface area contributed by atoms with E-state index in [9.17, 15) is 15.3 Å². The van der Waals surface area contributed by atoms with Gasteiger partial charge in [0.2, 0.25) is 0 Å². The van der Waals surface area contributed by atoms with Crippen LogP contribution in [0.3, 0.4) is 0 Å². The molecule has 1 unspecified atom stereocenters. The molecule has 5 atom stereocenters. The van der Waals surface area contributed by atoms with Crippen LogP contribution in [-0.4, -0.2) is 56.7 Å². The van der Waals surface area contributed by atoms with Crippen molar-refractivity contribution in [3.63, 3.8) is 0 Å². The second-order valence-electron chi connectivity index (χ2n) is 6.83. The van der Waals surface area contributed by atoms with Crippen molar-refractivity contribution in [1.29, 1.82) is 0 Å². The third-order valence-corrected chi connectivity index (χ3v) is 5.41. The summed E-state index contributed by atoms with van der Waals surface area (Å²) in [6.45, 7) is 3.29. The maximum absolute atomic E-state index is 10.9. The Bertz CT molecular complexity index is 617. The van der Waals surface area contributed by atoms with Crippen molar-refractivity contribution in [2.45, 2.75) is 43.2 Å². The fourth-order valence-electron chi connectivity index (χ4n) is 4.08. The Morgan fingerprint density at radius 3 is 2.70 bits per heavy atom. The van der Waals surface area contributed by atoms with E-state index in [1.165, 1.54) is 6.92 Å². The first kappa shape index (κ1) is 16.2. The van der Waals surface area contributed by atoms with Crippen LogP contribution in [0.25, 0.3) is 10.4 Å². The largest absolute Gasteiger partial charge is 0.390 e. The van der Waals surface area contributed by atoms with Crippen LogP contribution in [0.5, 0.6) is 0 Å². The number of piperidine rings is 1. The Labute approximate surface area is 134 Å². The van der Waals surface area contributed by atoms with Crippen LogP contribution in [0.1, 0.15) is 18.9 Å². The summed E-state index contributed by atoms with van der Waals surface area (Å²) in [4.78, 5) is 4.87. The Hall–Kier alpha value is -1.63. The summed E-state index contributed by atoms with van der Waals surface area (Å²) in [7, 11) is 0. The van der Waals surface area contributed by atoms with Gasteiger partial charge in [-0.15, -0.1) is 0 Å². The molecule has 7 nitrogen and oxygen atoms in total. The number of benzene rings is 1. The molecule has 0 bridgehead atoms. The van der Waals surface area contributed by atoms with E-state index in [0.29, 0.717) is 26.1 Å². The molecule has 124 valence electrons. The molecule has 0 radical (unpaired) electrons. The van der Waals surface area contributed by atoms with Crippen LogP contribution in [0.15, 0.2) is 35.4 Å². The molecule has 7 heteroatoms. The van der Waals surface area contributed by atoms with Crippen LogP contribution in [-0.2, 0) is 6.54 Å². The lowest BCUT2D eigenvalue weighted by atomic mass is 9.78. The number of hydrogen-bond acceptors (Lipinski definition) is 5. The van der Waals surface area contributed by atoms with Crippen LogP contribution in [0, 0.1) is 5.92 Å². The van der Waals surface area contributed by atoms with Crippen molar-refractivity contribution in [1.82, 2.24) is 4.90 Å². The van der Waals surface area contributed by atoms with E-state index in [1.54, 1.807) is 0 Å². The van der Waals surface area contributed by atoms with Crippen LogP contribution in [0.2, 0.25) is 0 Å². The Kier molecular flexibility index (Phi) is 4.08. The molecule has 1 heterocycles. The summed E-state index contributed by atoms with van der Waals surface area (Å²) in [6, 6.07) is 8.93. The molecule has 0 amide bonds. The van der Waals surface area contributed by atoms with Gasteiger partial charge < -0.3 is 15.3 Å². The molecule has 1 aliphatic carbocycles. The zero-order chi connectivity index (χ0) is 16.7. The van der Waals surface area contributed by atoms with Crippen LogP contribution in [0.4, 0.5) is 0 Å². The average molecular weight is 318 g/mol. The number of hydrogen-bond donors (Lipinski definition) is 3. The summed E-state index contributed by atoms with van der Waals surface area (Å²) >= 11 is 0. The highest BCUT2D eigenvalue weighted by molar-refractivity contribution is 5.21. The summed E-state index contributed by atoms with van der Waals surface area (Å²) < 4.78 is 0. The van der Waals surface area contributed by atoms with Gasteiger partial charge in [0.15, 0.2) is 0 Å². The molecular formula is C16H22N4O3. The third kappa shape index (κ3) is 2.60. The van der Waals surface area contributed by atoms with E-state index < -0.39 is 29.3 Å². The zero-order valence-electron chi connectivity index (χ0n) is 13.1. The Morgan fingerprint density at radius 2 is 2.04 bits per heavy atom. The first-order chi connectivity index (χ1) is 10.9. The number of likely N-dealkylation sites (tertiary alicyclic amines) is 1. The first-order valence-corrected chi connectivity index (χ1v) is 7.83. The molecule has 1 aromatic rings. The van der Waals surface area contributed by atoms with Gasteiger partial charge in [-0.3, -0.25) is 4.90 Å². The maximum atomic E-state index is 10.9. The van der Waals surface area contributed by atoms with Crippen molar-refractivity contribution < 1.29 is 15.3 Å². The maximum Gasteiger partial charge on any atom is 0.0990 e. The monoisotopic (exact) mass is 318 g/mol. The smallest absolute Gasteiger partial charge is 0.0990 e. The number of nitrogens with zero attached hydrogens (tertiary/aromatic N) is 4. The summed E-state index contributed by atoms with van der Waals surface area (Å²) in [5.74, 6) is -0.571. The highest BCUT2D eigenvalue weighted by atomic mass is 16.4. The van der Waals surface area contributed by atoms with Gasteiger partial charge in [-0.05, 0) is 24.4 Å². The predicted molar refractivity (Wildman–Crippen MR) is 84.3 cm³/mol. The molecule has 3 N–H and O–H groups in total. The van der Waals surface area contributed by atoms with Crippen molar-refractivity contribution in [2.75, 3.05) is 13.1 Å². The number of aliphatic hydroxyl groups excluding tert-OH is 1. The highest BCUT2D eigenvalue weighted by Crippen LogP contribution is 2.49. The van der Waals surface area contributed by atoms with Crippen molar-refractivity contribution >= 4 is 0 Å². The zero-order valence-corrected chi connectivity index (χ0v) is 13.1. The van der Waals surface area contributed by atoms with Crippen LogP contribution < -0.4 is 0 Å². The predicted octanol–water partition coefficient (Wildman–Crippen LogP) is 1.04. The summed E-state index contributed by atoms with van der Waals surface area (Å²) in [5, 5.41) is 35.6. The van der Waals surface area contributed by atoms with E-state index in [1.807, 2.05) is 30.3 Å². The lowest BCUT2D eigenvalue weighted by Gasteiger charge is -2.44. The molecule has 2 fully saturated rings. The van der Waals surface area contributed by atoms with Gasteiger partial charge in [0, 0.05) is 30.5 Å². The second-order valence-corrected chi connectivity index (χ2v) is 6.83. The van der Waals surface area contributed by atoms with Crippen LogP contribution >= 0.6 is 0 Å².